The zero-order valence-corrected chi connectivity index (χ0v) is 20.5. The van der Waals surface area contributed by atoms with Crippen molar-refractivity contribution in [2.45, 2.75) is 32.6 Å². The highest BCUT2D eigenvalue weighted by atomic mass is 16.5. The predicted molar refractivity (Wildman–Crippen MR) is 138 cm³/mol. The van der Waals surface area contributed by atoms with Crippen LogP contribution in [0.15, 0.2) is 54.6 Å². The number of methoxy groups -OCH3 is 1. The molecule has 2 aromatic carbocycles. The molecule has 4 rings (SSSR count). The monoisotopic (exact) mass is 466 g/mol. The first-order valence-corrected chi connectivity index (χ1v) is 11.8. The van der Waals surface area contributed by atoms with Gasteiger partial charge in [0, 0.05) is 18.7 Å². The van der Waals surface area contributed by atoms with E-state index in [0.29, 0.717) is 41.7 Å². The van der Waals surface area contributed by atoms with E-state index in [1.807, 2.05) is 73.4 Å². The number of nitrogens with one attached hydrogen (secondary N) is 1. The molecular weight excluding hydrogens is 436 g/mol. The van der Waals surface area contributed by atoms with Crippen molar-refractivity contribution < 1.29 is 9.53 Å². The summed E-state index contributed by atoms with van der Waals surface area (Å²) in [4.78, 5) is 23.5. The Balaban J connectivity index is 1.57. The lowest BCUT2D eigenvalue weighted by atomic mass is 9.89. The molecular formula is C29H30N4O2. The van der Waals surface area contributed by atoms with Crippen molar-refractivity contribution >= 4 is 18.1 Å². The minimum atomic E-state index is -0.0375. The smallest absolute Gasteiger partial charge is 0.257 e. The lowest BCUT2D eigenvalue weighted by Crippen LogP contribution is -2.38. The van der Waals surface area contributed by atoms with Gasteiger partial charge in [-0.2, -0.15) is 5.26 Å². The first kappa shape index (κ1) is 24.0. The lowest BCUT2D eigenvalue weighted by Gasteiger charge is -2.32. The van der Waals surface area contributed by atoms with Crippen LogP contribution >= 0.6 is 0 Å². The highest BCUT2D eigenvalue weighted by Gasteiger charge is 2.26. The molecule has 1 aromatic heterocycles. The van der Waals surface area contributed by atoms with Crippen molar-refractivity contribution in [3.8, 4) is 23.2 Å². The summed E-state index contributed by atoms with van der Waals surface area (Å²) in [7, 11) is 1.58. The number of allylic oxidation sites excluding steroid dienone is 1. The Bertz CT molecular complexity index is 1400. The second kappa shape index (κ2) is 10.4. The van der Waals surface area contributed by atoms with Crippen LogP contribution in [-0.2, 0) is 0 Å². The fourth-order valence-corrected chi connectivity index (χ4v) is 4.55. The van der Waals surface area contributed by atoms with E-state index in [9.17, 15) is 4.79 Å². The quantitative estimate of drug-likeness (QED) is 0.613. The highest BCUT2D eigenvalue weighted by Crippen LogP contribution is 2.31. The van der Waals surface area contributed by atoms with Gasteiger partial charge in [-0.3, -0.25) is 4.79 Å². The Kier molecular flexibility index (Phi) is 7.17. The van der Waals surface area contributed by atoms with Gasteiger partial charge >= 0.3 is 0 Å². The number of amides is 1. The van der Waals surface area contributed by atoms with Crippen LogP contribution in [0.2, 0.25) is 0 Å². The Morgan fingerprint density at radius 1 is 1.23 bits per heavy atom. The van der Waals surface area contributed by atoms with Crippen LogP contribution in [0.1, 0.15) is 54.1 Å². The summed E-state index contributed by atoms with van der Waals surface area (Å²) in [6.45, 7) is 9.18. The molecule has 2 heterocycles. The highest BCUT2D eigenvalue weighted by molar-refractivity contribution is 5.98. The topological polar surface area (TPSA) is 82.0 Å². The van der Waals surface area contributed by atoms with Crippen LogP contribution < -0.4 is 15.4 Å². The molecule has 6 nitrogen and oxygen atoms in total. The van der Waals surface area contributed by atoms with Gasteiger partial charge in [0.25, 0.3) is 5.91 Å². The molecule has 1 amide bonds. The van der Waals surface area contributed by atoms with E-state index in [4.69, 9.17) is 15.0 Å². The van der Waals surface area contributed by atoms with Gasteiger partial charge in [0.15, 0.2) is 0 Å². The zero-order chi connectivity index (χ0) is 24.9. The van der Waals surface area contributed by atoms with E-state index < -0.39 is 0 Å². The maximum atomic E-state index is 13.5. The van der Waals surface area contributed by atoms with Crippen molar-refractivity contribution in [1.29, 1.82) is 5.26 Å². The number of carbonyl (C=O) groups excluding carboxylic acids is 1. The second-order valence-electron chi connectivity index (χ2n) is 8.88. The number of rotatable bonds is 5. The molecule has 1 saturated heterocycles. The van der Waals surface area contributed by atoms with Gasteiger partial charge in [0.1, 0.15) is 11.6 Å². The summed E-state index contributed by atoms with van der Waals surface area (Å²) in [6.07, 6.45) is 5.67. The number of nitriles is 1. The summed E-state index contributed by atoms with van der Waals surface area (Å²) in [5.41, 5.74) is 4.17. The fourth-order valence-electron chi connectivity index (χ4n) is 4.55. The van der Waals surface area contributed by atoms with Gasteiger partial charge in [-0.25, -0.2) is 4.98 Å². The number of piperidine rings is 1. The maximum absolute atomic E-state index is 13.5. The van der Waals surface area contributed by atoms with Gasteiger partial charge in [0.05, 0.1) is 35.0 Å². The van der Waals surface area contributed by atoms with Crippen LogP contribution in [0.3, 0.4) is 0 Å². The average Bonchev–Trinajstić information content (AvgIpc) is 3.30. The molecule has 178 valence electrons. The largest absolute Gasteiger partial charge is 0.496 e. The molecule has 1 aliphatic heterocycles. The molecule has 35 heavy (non-hydrogen) atoms. The van der Waals surface area contributed by atoms with Crippen LogP contribution in [0, 0.1) is 11.3 Å². The molecule has 0 bridgehead atoms. The Morgan fingerprint density at radius 2 is 1.94 bits per heavy atom. The van der Waals surface area contributed by atoms with Gasteiger partial charge in [-0.15, -0.1) is 0 Å². The number of likely N-dealkylation sites (tertiary alicyclic amines) is 1. The summed E-state index contributed by atoms with van der Waals surface area (Å²) >= 11 is 0. The average molecular weight is 467 g/mol. The minimum absolute atomic E-state index is 0.0375. The molecule has 0 saturated carbocycles. The lowest BCUT2D eigenvalue weighted by molar-refractivity contribution is 0.0709. The first-order valence-electron chi connectivity index (χ1n) is 11.8. The number of H-pyrrole nitrogens is 1. The van der Waals surface area contributed by atoms with E-state index in [-0.39, 0.29) is 5.91 Å². The number of aromatic nitrogens is 2. The Hall–Kier alpha value is -4.11. The van der Waals surface area contributed by atoms with E-state index in [0.717, 1.165) is 34.7 Å². The van der Waals surface area contributed by atoms with Crippen molar-refractivity contribution in [3.05, 3.63) is 82.0 Å². The summed E-state index contributed by atoms with van der Waals surface area (Å²) in [6, 6.07) is 15.5. The van der Waals surface area contributed by atoms with Gasteiger partial charge < -0.3 is 14.6 Å². The van der Waals surface area contributed by atoms with Crippen molar-refractivity contribution in [2.24, 2.45) is 0 Å². The number of ether oxygens (including phenoxy) is 1. The van der Waals surface area contributed by atoms with Crippen LogP contribution in [0.4, 0.5) is 0 Å². The first-order chi connectivity index (χ1) is 16.9. The van der Waals surface area contributed by atoms with Crippen LogP contribution in [-0.4, -0.2) is 41.0 Å². The number of benzene rings is 2. The number of imidazole rings is 1. The molecule has 1 aliphatic rings. The number of aromatic amines is 1. The molecule has 3 aromatic rings. The van der Waals surface area contributed by atoms with E-state index >= 15 is 0 Å². The molecule has 1 N–H and O–H groups in total. The third kappa shape index (κ3) is 5.20. The second-order valence-corrected chi connectivity index (χ2v) is 8.88. The van der Waals surface area contributed by atoms with Crippen molar-refractivity contribution in [2.75, 3.05) is 20.2 Å². The summed E-state index contributed by atoms with van der Waals surface area (Å²) in [5, 5.41) is 10.8. The molecule has 0 aliphatic carbocycles. The fraction of sp³-hybridized carbons (Fsp3) is 0.276. The maximum Gasteiger partial charge on any atom is 0.257 e. The third-order valence-electron chi connectivity index (χ3n) is 6.42. The van der Waals surface area contributed by atoms with Crippen molar-refractivity contribution in [1.82, 2.24) is 14.9 Å². The minimum Gasteiger partial charge on any atom is -0.496 e. The third-order valence-corrected chi connectivity index (χ3v) is 6.42. The number of hydrogen-bond donors (Lipinski definition) is 1. The van der Waals surface area contributed by atoms with Crippen LogP contribution in [0.25, 0.3) is 23.5 Å². The van der Waals surface area contributed by atoms with E-state index in [1.54, 1.807) is 7.11 Å². The zero-order valence-electron chi connectivity index (χ0n) is 20.5. The SMILES string of the molecule is C=C(C)/C=c1/[nH]c(-c2ccc(OC)c(C(=O)N3CCC(c4ccc(C#N)cc4)CC3)c2)n/c1=C/C. The molecule has 6 heteroatoms. The van der Waals surface area contributed by atoms with Crippen molar-refractivity contribution in [3.63, 3.8) is 0 Å². The standard InChI is InChI=1S/C29H30N4O2/c1-5-25-26(16-19(2)3)32-28(31-25)23-10-11-27(35-4)24(17-23)29(34)33-14-12-22(13-15-33)21-8-6-20(18-30)7-9-21/h5-11,16-17,22H,2,12-15H2,1,3-4H3,(H,31,32)/b25-5+,26-16+. The molecule has 1 fully saturated rings. The Labute approximate surface area is 205 Å². The van der Waals surface area contributed by atoms with Gasteiger partial charge in [-0.05, 0) is 74.6 Å². The van der Waals surface area contributed by atoms with Crippen LogP contribution in [0.5, 0.6) is 5.75 Å². The summed E-state index contributed by atoms with van der Waals surface area (Å²) < 4.78 is 5.53. The van der Waals surface area contributed by atoms with E-state index in [1.165, 1.54) is 5.56 Å². The molecule has 0 unspecified atom stereocenters. The normalized spacial score (nSPS) is 15.2. The van der Waals surface area contributed by atoms with E-state index in [2.05, 4.69) is 17.6 Å². The molecule has 0 radical (unpaired) electrons. The van der Waals surface area contributed by atoms with Gasteiger partial charge in [0.2, 0.25) is 0 Å². The molecule has 0 spiro atoms. The number of nitrogens with zero attached hydrogens (tertiary/aromatic N) is 3. The predicted octanol–water partition coefficient (Wildman–Crippen LogP) is 4.13. The van der Waals surface area contributed by atoms with Gasteiger partial charge in [-0.1, -0.05) is 30.4 Å². The number of hydrogen-bond acceptors (Lipinski definition) is 4. The molecule has 0 atom stereocenters. The summed E-state index contributed by atoms with van der Waals surface area (Å²) in [5.74, 6) is 1.59. The number of carbonyl (C=O) groups is 1. The Morgan fingerprint density at radius 3 is 2.54 bits per heavy atom.